The standard InChI is InChI=1S/C12H12F3N3/c1-18-5-4-16-11(18)2-3-17-12-9(14)6-8(13)7-10(12)15/h4-7,17H,2-3H2,1H3. The fraction of sp³-hybridized carbons (Fsp3) is 0.250. The maximum absolute atomic E-state index is 13.3. The van der Waals surface area contributed by atoms with Crippen molar-refractivity contribution in [2.75, 3.05) is 11.9 Å². The third-order valence-electron chi connectivity index (χ3n) is 2.58. The molecule has 3 nitrogen and oxygen atoms in total. The highest BCUT2D eigenvalue weighted by atomic mass is 19.1. The van der Waals surface area contributed by atoms with Gasteiger partial charge in [-0.1, -0.05) is 0 Å². The third-order valence-corrected chi connectivity index (χ3v) is 2.58. The summed E-state index contributed by atoms with van der Waals surface area (Å²) in [5, 5.41) is 2.60. The lowest BCUT2D eigenvalue weighted by molar-refractivity contribution is 0.547. The Morgan fingerprint density at radius 3 is 2.44 bits per heavy atom. The molecule has 0 radical (unpaired) electrons. The van der Waals surface area contributed by atoms with Crippen molar-refractivity contribution in [1.82, 2.24) is 9.55 Å². The van der Waals surface area contributed by atoms with Crippen molar-refractivity contribution in [2.24, 2.45) is 7.05 Å². The van der Waals surface area contributed by atoms with Gasteiger partial charge in [0, 0.05) is 44.5 Å². The van der Waals surface area contributed by atoms with E-state index in [2.05, 4.69) is 10.3 Å². The van der Waals surface area contributed by atoms with Gasteiger partial charge in [-0.05, 0) is 0 Å². The highest BCUT2D eigenvalue weighted by Crippen LogP contribution is 2.19. The Labute approximate surface area is 102 Å². The minimum atomic E-state index is -0.938. The monoisotopic (exact) mass is 255 g/mol. The molecule has 1 N–H and O–H groups in total. The number of anilines is 1. The summed E-state index contributed by atoms with van der Waals surface area (Å²) in [6, 6.07) is 1.29. The van der Waals surface area contributed by atoms with Crippen LogP contribution < -0.4 is 5.32 Å². The molecule has 0 atom stereocenters. The maximum Gasteiger partial charge on any atom is 0.152 e. The molecule has 0 spiro atoms. The molecule has 0 bridgehead atoms. The van der Waals surface area contributed by atoms with Crippen LogP contribution in [0.4, 0.5) is 18.9 Å². The second-order valence-corrected chi connectivity index (χ2v) is 3.88. The van der Waals surface area contributed by atoms with Crippen molar-refractivity contribution in [1.29, 1.82) is 0 Å². The summed E-state index contributed by atoms with van der Waals surface area (Å²) in [7, 11) is 1.83. The van der Waals surface area contributed by atoms with Gasteiger partial charge in [-0.2, -0.15) is 0 Å². The molecule has 0 saturated carbocycles. The molecular formula is C12H12F3N3. The van der Waals surface area contributed by atoms with Crippen molar-refractivity contribution in [2.45, 2.75) is 6.42 Å². The van der Waals surface area contributed by atoms with Gasteiger partial charge in [0.05, 0.1) is 0 Å². The molecule has 1 aromatic heterocycles. The number of rotatable bonds is 4. The topological polar surface area (TPSA) is 29.9 Å². The van der Waals surface area contributed by atoms with Gasteiger partial charge in [0.25, 0.3) is 0 Å². The smallest absolute Gasteiger partial charge is 0.152 e. The first-order valence-electron chi connectivity index (χ1n) is 5.42. The fourth-order valence-corrected chi connectivity index (χ4v) is 1.65. The summed E-state index contributed by atoms with van der Waals surface area (Å²) in [5.41, 5.74) is -0.314. The Bertz CT molecular complexity index is 528. The zero-order valence-corrected chi connectivity index (χ0v) is 9.75. The first kappa shape index (κ1) is 12.5. The summed E-state index contributed by atoms with van der Waals surface area (Å²) >= 11 is 0. The minimum absolute atomic E-state index is 0.310. The van der Waals surface area contributed by atoms with Crippen LogP contribution >= 0.6 is 0 Å². The molecule has 0 saturated heterocycles. The van der Waals surface area contributed by atoms with Gasteiger partial charge >= 0.3 is 0 Å². The Hall–Kier alpha value is -1.98. The van der Waals surface area contributed by atoms with Gasteiger partial charge in [-0.3, -0.25) is 0 Å². The van der Waals surface area contributed by atoms with Crippen LogP contribution in [0.1, 0.15) is 5.82 Å². The Morgan fingerprint density at radius 1 is 1.22 bits per heavy atom. The van der Waals surface area contributed by atoms with Crippen molar-refractivity contribution < 1.29 is 13.2 Å². The number of benzene rings is 1. The summed E-state index contributed by atoms with van der Waals surface area (Å²) in [6.45, 7) is 0.310. The number of aromatic nitrogens is 2. The number of aryl methyl sites for hydroxylation is 1. The number of hydrogen-bond donors (Lipinski definition) is 1. The van der Waals surface area contributed by atoms with E-state index in [0.717, 1.165) is 5.82 Å². The normalized spacial score (nSPS) is 10.7. The molecule has 6 heteroatoms. The quantitative estimate of drug-likeness (QED) is 0.909. The summed E-state index contributed by atoms with van der Waals surface area (Å²) in [6.07, 6.45) is 3.95. The number of halogens is 3. The summed E-state index contributed by atoms with van der Waals surface area (Å²) in [5.74, 6) is -2.01. The van der Waals surface area contributed by atoms with E-state index in [-0.39, 0.29) is 5.69 Å². The first-order chi connectivity index (χ1) is 8.58. The molecule has 0 aliphatic heterocycles. The Kier molecular flexibility index (Phi) is 3.55. The van der Waals surface area contributed by atoms with Crippen LogP contribution in [0, 0.1) is 17.5 Å². The van der Waals surface area contributed by atoms with E-state index in [1.165, 1.54) is 0 Å². The van der Waals surface area contributed by atoms with E-state index < -0.39 is 17.5 Å². The Balaban J connectivity index is 2.01. The molecule has 96 valence electrons. The highest BCUT2D eigenvalue weighted by molar-refractivity contribution is 5.46. The maximum atomic E-state index is 13.3. The second kappa shape index (κ2) is 5.12. The SMILES string of the molecule is Cn1ccnc1CCNc1c(F)cc(F)cc1F. The lowest BCUT2D eigenvalue weighted by Crippen LogP contribution is -2.11. The van der Waals surface area contributed by atoms with Gasteiger partial charge in [-0.15, -0.1) is 0 Å². The van der Waals surface area contributed by atoms with Crippen molar-refractivity contribution in [3.05, 3.63) is 47.8 Å². The number of nitrogens with one attached hydrogen (secondary N) is 1. The molecular weight excluding hydrogens is 243 g/mol. The number of nitrogens with zero attached hydrogens (tertiary/aromatic N) is 2. The molecule has 0 aliphatic carbocycles. The van der Waals surface area contributed by atoms with Crippen LogP contribution in [-0.4, -0.2) is 16.1 Å². The average Bonchev–Trinajstić information content (AvgIpc) is 2.68. The van der Waals surface area contributed by atoms with Gasteiger partial charge in [0.1, 0.15) is 17.3 Å². The van der Waals surface area contributed by atoms with E-state index in [9.17, 15) is 13.2 Å². The largest absolute Gasteiger partial charge is 0.380 e. The molecule has 18 heavy (non-hydrogen) atoms. The molecule has 0 fully saturated rings. The van der Waals surface area contributed by atoms with Crippen LogP contribution in [-0.2, 0) is 13.5 Å². The van der Waals surface area contributed by atoms with Gasteiger partial charge in [0.15, 0.2) is 11.6 Å². The van der Waals surface area contributed by atoms with Crippen molar-refractivity contribution in [3.8, 4) is 0 Å². The van der Waals surface area contributed by atoms with Crippen LogP contribution in [0.3, 0.4) is 0 Å². The van der Waals surface area contributed by atoms with Crippen molar-refractivity contribution >= 4 is 5.69 Å². The second-order valence-electron chi connectivity index (χ2n) is 3.88. The molecule has 2 aromatic rings. The Morgan fingerprint density at radius 2 is 1.89 bits per heavy atom. The molecule has 2 rings (SSSR count). The van der Waals surface area contributed by atoms with Gasteiger partial charge in [-0.25, -0.2) is 18.2 Å². The molecule has 1 aromatic carbocycles. The van der Waals surface area contributed by atoms with E-state index in [1.54, 1.807) is 12.4 Å². The van der Waals surface area contributed by atoms with E-state index in [4.69, 9.17) is 0 Å². The molecule has 0 aliphatic rings. The predicted molar refractivity (Wildman–Crippen MR) is 61.7 cm³/mol. The number of imidazole rings is 1. The average molecular weight is 255 g/mol. The van der Waals surface area contributed by atoms with Crippen molar-refractivity contribution in [3.63, 3.8) is 0 Å². The van der Waals surface area contributed by atoms with Gasteiger partial charge in [0.2, 0.25) is 0 Å². The number of hydrogen-bond acceptors (Lipinski definition) is 2. The summed E-state index contributed by atoms with van der Waals surface area (Å²) < 4.78 is 41.1. The van der Waals surface area contributed by atoms with Gasteiger partial charge < -0.3 is 9.88 Å². The minimum Gasteiger partial charge on any atom is -0.380 e. The predicted octanol–water partition coefficient (Wildman–Crippen LogP) is 2.49. The first-order valence-corrected chi connectivity index (χ1v) is 5.42. The van der Waals surface area contributed by atoms with E-state index in [0.29, 0.717) is 25.1 Å². The molecule has 0 amide bonds. The zero-order valence-electron chi connectivity index (χ0n) is 9.75. The van der Waals surface area contributed by atoms with E-state index in [1.807, 2.05) is 11.6 Å². The van der Waals surface area contributed by atoms with Crippen LogP contribution in [0.25, 0.3) is 0 Å². The highest BCUT2D eigenvalue weighted by Gasteiger charge is 2.11. The van der Waals surface area contributed by atoms with Crippen LogP contribution in [0.15, 0.2) is 24.5 Å². The lowest BCUT2D eigenvalue weighted by atomic mass is 10.2. The molecule has 0 unspecified atom stereocenters. The zero-order chi connectivity index (χ0) is 13.1. The van der Waals surface area contributed by atoms with Crippen LogP contribution in [0.5, 0.6) is 0 Å². The summed E-state index contributed by atoms with van der Waals surface area (Å²) in [4.78, 5) is 4.08. The molecule has 1 heterocycles. The lowest BCUT2D eigenvalue weighted by Gasteiger charge is -2.08. The third kappa shape index (κ3) is 2.64. The van der Waals surface area contributed by atoms with E-state index >= 15 is 0 Å². The fourth-order valence-electron chi connectivity index (χ4n) is 1.65. The van der Waals surface area contributed by atoms with Crippen LogP contribution in [0.2, 0.25) is 0 Å².